The highest BCUT2D eigenvalue weighted by Crippen LogP contribution is 2.25. The highest BCUT2D eigenvalue weighted by molar-refractivity contribution is 7.89. The Morgan fingerprint density at radius 3 is 2.63 bits per heavy atom. The van der Waals surface area contributed by atoms with E-state index in [1.807, 2.05) is 0 Å². The lowest BCUT2D eigenvalue weighted by Crippen LogP contribution is -2.27. The molecule has 102 valence electrons. The van der Waals surface area contributed by atoms with Crippen LogP contribution in [0, 0.1) is 0 Å². The first kappa shape index (κ1) is 14.3. The number of halogens is 2. The fourth-order valence-corrected chi connectivity index (χ4v) is 3.02. The number of hydrogen-bond acceptors (Lipinski definition) is 4. The number of hydrogen-bond donors (Lipinski definition) is 2. The van der Waals surface area contributed by atoms with Gasteiger partial charge in [-0.3, -0.25) is 5.10 Å². The van der Waals surface area contributed by atoms with Crippen LogP contribution in [0.2, 0.25) is 10.0 Å². The third kappa shape index (κ3) is 3.24. The van der Waals surface area contributed by atoms with Crippen LogP contribution in [-0.4, -0.2) is 23.6 Å². The number of aromatic amines is 1. The highest BCUT2D eigenvalue weighted by Gasteiger charge is 2.20. The van der Waals surface area contributed by atoms with Gasteiger partial charge in [0, 0.05) is 0 Å². The van der Waals surface area contributed by atoms with Crippen molar-refractivity contribution in [2.24, 2.45) is 0 Å². The van der Waals surface area contributed by atoms with E-state index in [0.717, 1.165) is 0 Å². The predicted molar refractivity (Wildman–Crippen MR) is 71.6 cm³/mol. The number of aromatic nitrogens is 3. The SMILES string of the molecule is CC(NS(=O)(=O)c1ccc(Cl)c(Cl)c1)c1ncn[nH]1. The molecule has 0 amide bonds. The maximum atomic E-state index is 12.1. The van der Waals surface area contributed by atoms with Crippen molar-refractivity contribution in [2.75, 3.05) is 0 Å². The second-order valence-corrected chi connectivity index (χ2v) is 6.32. The lowest BCUT2D eigenvalue weighted by Gasteiger charge is -2.12. The van der Waals surface area contributed by atoms with Gasteiger partial charge >= 0.3 is 0 Å². The molecule has 0 fully saturated rings. The monoisotopic (exact) mass is 320 g/mol. The standard InChI is InChI=1S/C10H10Cl2N4O2S/c1-6(10-13-5-14-15-10)16-19(17,18)7-2-3-8(11)9(12)4-7/h2-6,16H,1H3,(H,13,14,15). The van der Waals surface area contributed by atoms with Gasteiger partial charge in [0.05, 0.1) is 21.0 Å². The molecule has 1 aromatic carbocycles. The number of H-pyrrole nitrogens is 1. The fourth-order valence-electron chi connectivity index (χ4n) is 1.42. The molecule has 1 atom stereocenters. The molecule has 0 aliphatic rings. The zero-order valence-corrected chi connectivity index (χ0v) is 12.1. The number of rotatable bonds is 4. The van der Waals surface area contributed by atoms with E-state index in [9.17, 15) is 8.42 Å². The summed E-state index contributed by atoms with van der Waals surface area (Å²) < 4.78 is 26.7. The number of sulfonamides is 1. The second-order valence-electron chi connectivity index (χ2n) is 3.79. The van der Waals surface area contributed by atoms with Gasteiger partial charge in [0.1, 0.15) is 12.2 Å². The average molecular weight is 321 g/mol. The summed E-state index contributed by atoms with van der Waals surface area (Å²) in [5, 5.41) is 6.73. The van der Waals surface area contributed by atoms with Crippen LogP contribution < -0.4 is 4.72 Å². The van der Waals surface area contributed by atoms with Gasteiger partial charge in [-0.15, -0.1) is 0 Å². The maximum absolute atomic E-state index is 12.1. The van der Waals surface area contributed by atoms with E-state index in [4.69, 9.17) is 23.2 Å². The molecule has 0 radical (unpaired) electrons. The Hall–Kier alpha value is -1.15. The molecular formula is C10H10Cl2N4O2S. The average Bonchev–Trinajstić information content (AvgIpc) is 2.85. The second kappa shape index (κ2) is 5.46. The minimum Gasteiger partial charge on any atom is -0.262 e. The van der Waals surface area contributed by atoms with Crippen LogP contribution in [0.25, 0.3) is 0 Å². The Morgan fingerprint density at radius 2 is 2.05 bits per heavy atom. The quantitative estimate of drug-likeness (QED) is 0.903. The summed E-state index contributed by atoms with van der Waals surface area (Å²) in [5.74, 6) is 0.420. The van der Waals surface area contributed by atoms with Crippen LogP contribution in [0.4, 0.5) is 0 Å². The van der Waals surface area contributed by atoms with Crippen LogP contribution in [0.15, 0.2) is 29.4 Å². The van der Waals surface area contributed by atoms with Gasteiger partial charge in [-0.25, -0.2) is 18.1 Å². The van der Waals surface area contributed by atoms with E-state index in [1.165, 1.54) is 24.5 Å². The number of benzene rings is 1. The summed E-state index contributed by atoms with van der Waals surface area (Å²) in [6.45, 7) is 1.65. The zero-order valence-electron chi connectivity index (χ0n) is 9.76. The van der Waals surface area contributed by atoms with Crippen molar-refractivity contribution in [1.82, 2.24) is 19.9 Å². The molecule has 2 aromatic rings. The van der Waals surface area contributed by atoms with Crippen LogP contribution in [0.5, 0.6) is 0 Å². The number of nitrogens with one attached hydrogen (secondary N) is 2. The van der Waals surface area contributed by atoms with Gasteiger partial charge in [0.2, 0.25) is 10.0 Å². The molecule has 2 rings (SSSR count). The van der Waals surface area contributed by atoms with Gasteiger partial charge in [-0.1, -0.05) is 23.2 Å². The molecule has 0 aliphatic carbocycles. The van der Waals surface area contributed by atoms with Crippen molar-refractivity contribution in [3.63, 3.8) is 0 Å². The number of nitrogens with zero attached hydrogens (tertiary/aromatic N) is 2. The van der Waals surface area contributed by atoms with Gasteiger partial charge in [-0.05, 0) is 25.1 Å². The van der Waals surface area contributed by atoms with E-state index in [0.29, 0.717) is 10.8 Å². The Kier molecular flexibility index (Phi) is 4.10. The van der Waals surface area contributed by atoms with E-state index in [1.54, 1.807) is 6.92 Å². The molecule has 19 heavy (non-hydrogen) atoms. The normalized spacial score (nSPS) is 13.4. The van der Waals surface area contributed by atoms with E-state index < -0.39 is 16.1 Å². The largest absolute Gasteiger partial charge is 0.262 e. The highest BCUT2D eigenvalue weighted by atomic mass is 35.5. The van der Waals surface area contributed by atoms with Crippen molar-refractivity contribution < 1.29 is 8.42 Å². The summed E-state index contributed by atoms with van der Waals surface area (Å²) in [5.41, 5.74) is 0. The van der Waals surface area contributed by atoms with Gasteiger partial charge in [-0.2, -0.15) is 5.10 Å². The van der Waals surface area contributed by atoms with Crippen LogP contribution >= 0.6 is 23.2 Å². The van der Waals surface area contributed by atoms with E-state index in [-0.39, 0.29) is 9.92 Å². The summed E-state index contributed by atoms with van der Waals surface area (Å²) >= 11 is 11.6. The summed E-state index contributed by atoms with van der Waals surface area (Å²) in [7, 11) is -3.71. The summed E-state index contributed by atoms with van der Waals surface area (Å²) in [4.78, 5) is 3.92. The third-order valence-electron chi connectivity index (χ3n) is 2.38. The molecular weight excluding hydrogens is 311 g/mol. The van der Waals surface area contributed by atoms with E-state index >= 15 is 0 Å². The van der Waals surface area contributed by atoms with Crippen molar-refractivity contribution in [3.05, 3.63) is 40.4 Å². The van der Waals surface area contributed by atoms with Gasteiger partial charge < -0.3 is 0 Å². The lowest BCUT2D eigenvalue weighted by atomic mass is 10.3. The Bertz CT molecular complexity index is 673. The Morgan fingerprint density at radius 1 is 1.32 bits per heavy atom. The van der Waals surface area contributed by atoms with Crippen molar-refractivity contribution in [3.8, 4) is 0 Å². The molecule has 1 heterocycles. The topological polar surface area (TPSA) is 87.7 Å². The van der Waals surface area contributed by atoms with Crippen LogP contribution in [0.3, 0.4) is 0 Å². The molecule has 0 saturated heterocycles. The molecule has 9 heteroatoms. The van der Waals surface area contributed by atoms with Crippen LogP contribution in [-0.2, 0) is 10.0 Å². The molecule has 2 N–H and O–H groups in total. The van der Waals surface area contributed by atoms with Gasteiger partial charge in [0.25, 0.3) is 0 Å². The predicted octanol–water partition coefficient (Wildman–Crippen LogP) is 2.15. The summed E-state index contributed by atoms with van der Waals surface area (Å²) in [6.07, 6.45) is 1.30. The fraction of sp³-hybridized carbons (Fsp3) is 0.200. The van der Waals surface area contributed by atoms with Gasteiger partial charge in [0.15, 0.2) is 0 Å². The van der Waals surface area contributed by atoms with Crippen LogP contribution in [0.1, 0.15) is 18.8 Å². The molecule has 6 nitrogen and oxygen atoms in total. The molecule has 0 spiro atoms. The first-order chi connectivity index (χ1) is 8.90. The molecule has 1 unspecified atom stereocenters. The van der Waals surface area contributed by atoms with Crippen molar-refractivity contribution in [2.45, 2.75) is 17.9 Å². The lowest BCUT2D eigenvalue weighted by molar-refractivity contribution is 0.560. The summed E-state index contributed by atoms with van der Waals surface area (Å²) in [6, 6.07) is 3.56. The first-order valence-corrected chi connectivity index (χ1v) is 7.46. The Labute approximate surface area is 120 Å². The maximum Gasteiger partial charge on any atom is 0.241 e. The van der Waals surface area contributed by atoms with Crippen molar-refractivity contribution >= 4 is 33.2 Å². The molecule has 0 bridgehead atoms. The van der Waals surface area contributed by atoms with Crippen molar-refractivity contribution in [1.29, 1.82) is 0 Å². The molecule has 0 aliphatic heterocycles. The minimum atomic E-state index is -3.71. The first-order valence-electron chi connectivity index (χ1n) is 5.23. The zero-order chi connectivity index (χ0) is 14.0. The molecule has 0 saturated carbocycles. The minimum absolute atomic E-state index is 0.0354. The Balaban J connectivity index is 2.25. The smallest absolute Gasteiger partial charge is 0.241 e. The third-order valence-corrected chi connectivity index (χ3v) is 4.65. The molecule has 1 aromatic heterocycles. The van der Waals surface area contributed by atoms with E-state index in [2.05, 4.69) is 19.9 Å².